The van der Waals surface area contributed by atoms with Gasteiger partial charge in [0, 0.05) is 6.20 Å². The van der Waals surface area contributed by atoms with Crippen molar-refractivity contribution in [2.75, 3.05) is 6.61 Å². The van der Waals surface area contributed by atoms with E-state index < -0.39 is 5.97 Å². The molecule has 120 valence electrons. The fourth-order valence-corrected chi connectivity index (χ4v) is 2.62. The summed E-state index contributed by atoms with van der Waals surface area (Å²) in [5.41, 5.74) is 1.10. The van der Waals surface area contributed by atoms with Gasteiger partial charge in [-0.25, -0.2) is 9.48 Å². The summed E-state index contributed by atoms with van der Waals surface area (Å²) in [6.07, 6.45) is 9.67. The van der Waals surface area contributed by atoms with Crippen molar-refractivity contribution in [2.24, 2.45) is 11.8 Å². The Hall–Kier alpha value is -2.50. The highest BCUT2D eigenvalue weighted by atomic mass is 16.5. The van der Waals surface area contributed by atoms with Crippen molar-refractivity contribution in [2.45, 2.75) is 26.3 Å². The second-order valence-electron chi connectivity index (χ2n) is 5.90. The minimum Gasteiger partial charge on any atom is -0.461 e. The molecule has 0 spiro atoms. The summed E-state index contributed by atoms with van der Waals surface area (Å²) in [5.74, 6) is 0.499. The number of carbonyl (C=O) groups excluding carboxylic acids is 1. The van der Waals surface area contributed by atoms with E-state index in [0.717, 1.165) is 18.5 Å². The van der Waals surface area contributed by atoms with Gasteiger partial charge in [0.15, 0.2) is 5.69 Å². The van der Waals surface area contributed by atoms with Crippen molar-refractivity contribution in [3.05, 3.63) is 54.1 Å². The smallest absolute Gasteiger partial charge is 0.360 e. The molecule has 0 fully saturated rings. The van der Waals surface area contributed by atoms with Crippen molar-refractivity contribution >= 4 is 5.97 Å². The van der Waals surface area contributed by atoms with Gasteiger partial charge in [0.05, 0.1) is 25.0 Å². The van der Waals surface area contributed by atoms with Crippen LogP contribution in [0.25, 0.3) is 0 Å². The van der Waals surface area contributed by atoms with Crippen molar-refractivity contribution in [1.82, 2.24) is 20.0 Å². The van der Waals surface area contributed by atoms with E-state index >= 15 is 0 Å². The first-order valence-corrected chi connectivity index (χ1v) is 7.84. The lowest BCUT2D eigenvalue weighted by atomic mass is 9.85. The van der Waals surface area contributed by atoms with Crippen LogP contribution in [0.5, 0.6) is 0 Å². The molecule has 0 amide bonds. The molecular weight excluding hydrogens is 292 g/mol. The Morgan fingerprint density at radius 2 is 2.22 bits per heavy atom. The van der Waals surface area contributed by atoms with Gasteiger partial charge >= 0.3 is 5.97 Å². The molecule has 2 aromatic rings. The Balaban J connectivity index is 1.55. The molecule has 0 saturated carbocycles. The number of aromatic nitrogens is 4. The van der Waals surface area contributed by atoms with Crippen molar-refractivity contribution in [1.29, 1.82) is 0 Å². The number of allylic oxidation sites excluding steroid dienone is 2. The van der Waals surface area contributed by atoms with Crippen LogP contribution >= 0.6 is 0 Å². The second-order valence-corrected chi connectivity index (χ2v) is 5.90. The normalized spacial score (nSPS) is 20.4. The third-order valence-corrected chi connectivity index (χ3v) is 4.14. The number of nitrogens with zero attached hydrogens (tertiary/aromatic N) is 4. The number of rotatable bonds is 5. The number of pyridine rings is 1. The quantitative estimate of drug-likeness (QED) is 0.626. The molecule has 23 heavy (non-hydrogen) atoms. The predicted molar refractivity (Wildman–Crippen MR) is 84.7 cm³/mol. The molecule has 0 N–H and O–H groups in total. The predicted octanol–water partition coefficient (Wildman–Crippen LogP) is 2.48. The second kappa shape index (κ2) is 7.17. The van der Waals surface area contributed by atoms with Gasteiger partial charge in [0.2, 0.25) is 0 Å². The maximum absolute atomic E-state index is 12.1. The number of esters is 1. The maximum Gasteiger partial charge on any atom is 0.360 e. The molecule has 2 atom stereocenters. The van der Waals surface area contributed by atoms with Gasteiger partial charge < -0.3 is 4.74 Å². The van der Waals surface area contributed by atoms with Crippen LogP contribution in [-0.2, 0) is 11.3 Å². The highest BCUT2D eigenvalue weighted by molar-refractivity contribution is 5.86. The summed E-state index contributed by atoms with van der Waals surface area (Å²) < 4.78 is 6.99. The molecule has 0 aromatic carbocycles. The van der Waals surface area contributed by atoms with E-state index in [0.29, 0.717) is 25.0 Å². The summed E-state index contributed by atoms with van der Waals surface area (Å²) >= 11 is 0. The van der Waals surface area contributed by atoms with Gasteiger partial charge in [-0.2, -0.15) is 0 Å². The van der Waals surface area contributed by atoms with Gasteiger partial charge in [0.25, 0.3) is 0 Å². The summed E-state index contributed by atoms with van der Waals surface area (Å²) in [6, 6.07) is 5.67. The van der Waals surface area contributed by atoms with Crippen molar-refractivity contribution in [3.63, 3.8) is 0 Å². The number of hydrogen-bond acceptors (Lipinski definition) is 5. The van der Waals surface area contributed by atoms with Crippen LogP contribution in [0.2, 0.25) is 0 Å². The first-order valence-electron chi connectivity index (χ1n) is 7.84. The van der Waals surface area contributed by atoms with Crippen LogP contribution in [0, 0.1) is 11.8 Å². The minimum atomic E-state index is -0.418. The Morgan fingerprint density at radius 3 is 3.00 bits per heavy atom. The molecule has 0 unspecified atom stereocenters. The van der Waals surface area contributed by atoms with Crippen LogP contribution < -0.4 is 0 Å². The first-order chi connectivity index (χ1) is 11.2. The molecule has 3 rings (SSSR count). The Morgan fingerprint density at radius 1 is 1.35 bits per heavy atom. The zero-order chi connectivity index (χ0) is 16.1. The third kappa shape index (κ3) is 4.03. The average Bonchev–Trinajstić information content (AvgIpc) is 3.03. The SMILES string of the molecule is C[C@@H]1CC=CC[C@H]1COC(=O)c1cn(Cc2ccccn2)nn1. The topological polar surface area (TPSA) is 69.9 Å². The first kappa shape index (κ1) is 15.4. The van der Waals surface area contributed by atoms with E-state index in [1.807, 2.05) is 18.2 Å². The Bertz CT molecular complexity index is 681. The summed E-state index contributed by atoms with van der Waals surface area (Å²) in [7, 11) is 0. The monoisotopic (exact) mass is 312 g/mol. The Labute approximate surface area is 135 Å². The molecule has 2 heterocycles. The summed E-state index contributed by atoms with van der Waals surface area (Å²) in [4.78, 5) is 16.3. The summed E-state index contributed by atoms with van der Waals surface area (Å²) in [6.45, 7) is 3.09. The van der Waals surface area contributed by atoms with Crippen LogP contribution in [0.1, 0.15) is 35.9 Å². The average molecular weight is 312 g/mol. The molecular formula is C17H20N4O2. The zero-order valence-corrected chi connectivity index (χ0v) is 13.1. The highest BCUT2D eigenvalue weighted by Gasteiger charge is 2.21. The lowest BCUT2D eigenvalue weighted by Crippen LogP contribution is -2.21. The summed E-state index contributed by atoms with van der Waals surface area (Å²) in [5, 5.41) is 7.85. The van der Waals surface area contributed by atoms with Gasteiger partial charge in [-0.3, -0.25) is 4.98 Å². The van der Waals surface area contributed by atoms with Crippen LogP contribution in [0.3, 0.4) is 0 Å². The molecule has 0 radical (unpaired) electrons. The van der Waals surface area contributed by atoms with E-state index in [4.69, 9.17) is 4.74 Å². The number of ether oxygens (including phenoxy) is 1. The molecule has 2 aromatic heterocycles. The zero-order valence-electron chi connectivity index (χ0n) is 13.1. The van der Waals surface area contributed by atoms with E-state index in [2.05, 4.69) is 34.4 Å². The van der Waals surface area contributed by atoms with Gasteiger partial charge in [-0.1, -0.05) is 30.4 Å². The van der Waals surface area contributed by atoms with Crippen molar-refractivity contribution < 1.29 is 9.53 Å². The molecule has 0 bridgehead atoms. The van der Waals surface area contributed by atoms with Gasteiger partial charge in [-0.05, 0) is 36.8 Å². The number of hydrogen-bond donors (Lipinski definition) is 0. The van der Waals surface area contributed by atoms with E-state index in [9.17, 15) is 4.79 Å². The molecule has 6 nitrogen and oxygen atoms in total. The standard InChI is InChI=1S/C17H20N4O2/c1-13-6-2-3-7-14(13)12-23-17(22)16-11-21(20-19-16)10-15-8-4-5-9-18-15/h2-5,8-9,11,13-14H,6-7,10,12H2,1H3/t13-,14+/m1/s1. The maximum atomic E-state index is 12.1. The molecule has 1 aliphatic carbocycles. The third-order valence-electron chi connectivity index (χ3n) is 4.14. The molecule has 0 aliphatic heterocycles. The van der Waals surface area contributed by atoms with Crippen LogP contribution in [0.4, 0.5) is 0 Å². The Kier molecular flexibility index (Phi) is 4.80. The van der Waals surface area contributed by atoms with Crippen LogP contribution in [-0.4, -0.2) is 32.6 Å². The number of carbonyl (C=O) groups is 1. The van der Waals surface area contributed by atoms with E-state index in [-0.39, 0.29) is 5.69 Å². The van der Waals surface area contributed by atoms with E-state index in [1.165, 1.54) is 0 Å². The van der Waals surface area contributed by atoms with Gasteiger partial charge in [-0.15, -0.1) is 5.10 Å². The van der Waals surface area contributed by atoms with Crippen molar-refractivity contribution in [3.8, 4) is 0 Å². The fourth-order valence-electron chi connectivity index (χ4n) is 2.62. The van der Waals surface area contributed by atoms with Gasteiger partial charge in [0.1, 0.15) is 0 Å². The minimum absolute atomic E-state index is 0.236. The lowest BCUT2D eigenvalue weighted by molar-refractivity contribution is 0.0388. The lowest BCUT2D eigenvalue weighted by Gasteiger charge is -2.24. The van der Waals surface area contributed by atoms with E-state index in [1.54, 1.807) is 17.1 Å². The van der Waals surface area contributed by atoms with Crippen LogP contribution in [0.15, 0.2) is 42.7 Å². The molecule has 1 aliphatic rings. The highest BCUT2D eigenvalue weighted by Crippen LogP contribution is 2.25. The molecule has 0 saturated heterocycles. The molecule has 6 heteroatoms. The largest absolute Gasteiger partial charge is 0.461 e. The fraction of sp³-hybridized carbons (Fsp3) is 0.412.